The summed E-state index contributed by atoms with van der Waals surface area (Å²) < 4.78 is 0. The standard InChI is InChI=1S/3C12H27P.Ni/c3*1-4-7-10-13(11-8-5-2)12-9-6-3;/h3*4-12H2,1-3H3;. The summed E-state index contributed by atoms with van der Waals surface area (Å²) in [5.41, 5.74) is 0. The van der Waals surface area contributed by atoms with Gasteiger partial charge in [-0.05, 0) is 113 Å². The Morgan fingerprint density at radius 2 is 0.325 bits per heavy atom. The van der Waals surface area contributed by atoms with Gasteiger partial charge < -0.3 is 0 Å². The average molecular weight is 666 g/mol. The van der Waals surface area contributed by atoms with E-state index in [-0.39, 0.29) is 16.5 Å². The van der Waals surface area contributed by atoms with Crippen LogP contribution in [0.25, 0.3) is 0 Å². The van der Waals surface area contributed by atoms with Crippen molar-refractivity contribution < 1.29 is 16.5 Å². The summed E-state index contributed by atoms with van der Waals surface area (Å²) in [5.74, 6) is 0. The fourth-order valence-corrected chi connectivity index (χ4v) is 13.3. The van der Waals surface area contributed by atoms with Gasteiger partial charge in [0, 0.05) is 16.5 Å². The zero-order valence-electron chi connectivity index (χ0n) is 29.7. The molecule has 0 aromatic heterocycles. The average Bonchev–Trinajstić information content (AvgIpc) is 2.96. The second-order valence-corrected chi connectivity index (χ2v) is 19.8. The number of unbranched alkanes of at least 4 members (excludes halogenated alkanes) is 9. The van der Waals surface area contributed by atoms with Crippen LogP contribution in [0.1, 0.15) is 178 Å². The smallest absolute Gasteiger partial charge is 0 e. The third-order valence-electron chi connectivity index (χ3n) is 7.45. The van der Waals surface area contributed by atoms with E-state index in [0.29, 0.717) is 23.8 Å². The van der Waals surface area contributed by atoms with Crippen LogP contribution in [0.15, 0.2) is 0 Å². The third kappa shape index (κ3) is 41.9. The minimum atomic E-state index is 0. The molecule has 0 bridgehead atoms. The molecule has 0 heterocycles. The molecule has 0 fully saturated rings. The quantitative estimate of drug-likeness (QED) is 0.0605. The van der Waals surface area contributed by atoms with Crippen LogP contribution >= 0.6 is 23.8 Å². The molecule has 0 aromatic rings. The Balaban J connectivity index is -0.000000240. The maximum Gasteiger partial charge on any atom is 0 e. The molecule has 0 aromatic carbocycles. The van der Waals surface area contributed by atoms with Crippen molar-refractivity contribution in [1.29, 1.82) is 0 Å². The van der Waals surface area contributed by atoms with Crippen LogP contribution in [0.2, 0.25) is 0 Å². The Bertz CT molecular complexity index is 280. The van der Waals surface area contributed by atoms with Gasteiger partial charge in [-0.15, -0.1) is 23.8 Å². The van der Waals surface area contributed by atoms with Crippen molar-refractivity contribution in [3.63, 3.8) is 0 Å². The van der Waals surface area contributed by atoms with Gasteiger partial charge in [0.25, 0.3) is 0 Å². The molecule has 250 valence electrons. The van der Waals surface area contributed by atoms with E-state index in [1.54, 1.807) is 55.5 Å². The largest absolute Gasteiger partial charge is 0.107 e. The van der Waals surface area contributed by atoms with E-state index >= 15 is 0 Å². The molecule has 4 heteroatoms. The molecule has 0 radical (unpaired) electrons. The first kappa shape index (κ1) is 48.7. The summed E-state index contributed by atoms with van der Waals surface area (Å²) >= 11 is 0. The fraction of sp³-hybridized carbons (Fsp3) is 1.00. The van der Waals surface area contributed by atoms with Crippen molar-refractivity contribution in [3.8, 4) is 0 Å². The predicted octanol–water partition coefficient (Wildman–Crippen LogP) is 14.6. The molecule has 0 nitrogen and oxygen atoms in total. The van der Waals surface area contributed by atoms with Crippen LogP contribution < -0.4 is 0 Å². The first-order valence-electron chi connectivity index (χ1n) is 18.2. The molecule has 0 atom stereocenters. The maximum atomic E-state index is 2.31. The van der Waals surface area contributed by atoms with Crippen molar-refractivity contribution in [3.05, 3.63) is 0 Å². The maximum absolute atomic E-state index is 2.31. The van der Waals surface area contributed by atoms with Gasteiger partial charge in [0.05, 0.1) is 0 Å². The summed E-state index contributed by atoms with van der Waals surface area (Å²) in [7, 11) is 1.27. The Kier molecular flexibility index (Phi) is 55.0. The minimum absolute atomic E-state index is 0. The molecule has 0 aliphatic heterocycles. The van der Waals surface area contributed by atoms with Crippen LogP contribution in [-0.4, -0.2) is 55.5 Å². The summed E-state index contributed by atoms with van der Waals surface area (Å²) in [6, 6.07) is 0. The van der Waals surface area contributed by atoms with Crippen molar-refractivity contribution in [2.24, 2.45) is 0 Å². The number of hydrogen-bond donors (Lipinski definition) is 0. The van der Waals surface area contributed by atoms with Crippen LogP contribution in [0.5, 0.6) is 0 Å². The first-order valence-corrected chi connectivity index (χ1v) is 23.9. The van der Waals surface area contributed by atoms with Crippen LogP contribution in [-0.2, 0) is 16.5 Å². The van der Waals surface area contributed by atoms with Crippen LogP contribution in [0, 0.1) is 0 Å². The molecule has 0 aliphatic carbocycles. The third-order valence-corrected chi connectivity index (χ3v) is 16.0. The molecular formula is C36H81NiP3. The van der Waals surface area contributed by atoms with E-state index < -0.39 is 0 Å². The molecule has 0 aliphatic rings. The van der Waals surface area contributed by atoms with E-state index in [0.717, 1.165) is 0 Å². The normalized spacial score (nSPS) is 10.8. The Morgan fingerprint density at radius 1 is 0.225 bits per heavy atom. The van der Waals surface area contributed by atoms with Crippen molar-refractivity contribution in [2.45, 2.75) is 178 Å². The van der Waals surface area contributed by atoms with Crippen molar-refractivity contribution in [2.75, 3.05) is 55.5 Å². The van der Waals surface area contributed by atoms with Gasteiger partial charge in [-0.3, -0.25) is 0 Å². The predicted molar refractivity (Wildman–Crippen MR) is 199 cm³/mol. The van der Waals surface area contributed by atoms with Gasteiger partial charge in [0.2, 0.25) is 0 Å². The molecule has 0 spiro atoms. The van der Waals surface area contributed by atoms with Gasteiger partial charge in [-0.1, -0.05) is 120 Å². The topological polar surface area (TPSA) is 0 Å². The Labute approximate surface area is 272 Å². The van der Waals surface area contributed by atoms with E-state index in [1.165, 1.54) is 116 Å². The summed E-state index contributed by atoms with van der Waals surface area (Å²) in [5, 5.41) is 0. The fourth-order valence-electron chi connectivity index (χ4n) is 4.44. The molecule has 0 rings (SSSR count). The molecular weight excluding hydrogens is 584 g/mol. The SMILES string of the molecule is CCCCP(CCCC)CCCC.CCCCP(CCCC)CCCC.CCCCP(CCCC)CCCC.[Ni]. The molecule has 40 heavy (non-hydrogen) atoms. The number of hydrogen-bond acceptors (Lipinski definition) is 0. The molecule has 0 amide bonds. The second-order valence-electron chi connectivity index (χ2n) is 11.7. The monoisotopic (exact) mass is 664 g/mol. The van der Waals surface area contributed by atoms with E-state index in [9.17, 15) is 0 Å². The van der Waals surface area contributed by atoms with Gasteiger partial charge in [-0.2, -0.15) is 0 Å². The van der Waals surface area contributed by atoms with E-state index in [1.807, 2.05) is 0 Å². The van der Waals surface area contributed by atoms with Gasteiger partial charge in [0.1, 0.15) is 0 Å². The molecule has 0 saturated carbocycles. The van der Waals surface area contributed by atoms with Gasteiger partial charge in [0.15, 0.2) is 0 Å². The molecule has 0 saturated heterocycles. The molecule has 0 unspecified atom stereocenters. The summed E-state index contributed by atoms with van der Waals surface area (Å²) in [6.45, 7) is 20.8. The Morgan fingerprint density at radius 3 is 0.400 bits per heavy atom. The van der Waals surface area contributed by atoms with Crippen LogP contribution in [0.3, 0.4) is 0 Å². The summed E-state index contributed by atoms with van der Waals surface area (Å²) in [6.07, 6.45) is 39.6. The zero-order chi connectivity index (χ0) is 29.8. The molecule has 0 N–H and O–H groups in total. The van der Waals surface area contributed by atoms with E-state index in [4.69, 9.17) is 0 Å². The van der Waals surface area contributed by atoms with Gasteiger partial charge in [-0.25, -0.2) is 0 Å². The Hall–Kier alpha value is 1.78. The first-order chi connectivity index (χ1) is 19.0. The van der Waals surface area contributed by atoms with Crippen LogP contribution in [0.4, 0.5) is 0 Å². The van der Waals surface area contributed by atoms with Crippen molar-refractivity contribution in [1.82, 2.24) is 0 Å². The number of rotatable bonds is 27. The zero-order valence-corrected chi connectivity index (χ0v) is 33.4. The van der Waals surface area contributed by atoms with E-state index in [2.05, 4.69) is 62.3 Å². The minimum Gasteiger partial charge on any atom is -0.107 e. The van der Waals surface area contributed by atoms with Gasteiger partial charge >= 0.3 is 0 Å². The second kappa shape index (κ2) is 45.2. The summed E-state index contributed by atoms with van der Waals surface area (Å²) in [4.78, 5) is 0. The van der Waals surface area contributed by atoms with Crippen molar-refractivity contribution >= 4 is 23.8 Å².